The Morgan fingerprint density at radius 1 is 0.532 bits per heavy atom. The van der Waals surface area contributed by atoms with Crippen LogP contribution < -0.4 is 0 Å². The first kappa shape index (κ1) is 35.5. The molecule has 13 rings (SSSR count). The number of imidazole rings is 1. The second-order valence-electron chi connectivity index (χ2n) is 17.8. The van der Waals surface area contributed by atoms with Crippen LogP contribution in [0.2, 0.25) is 0 Å². The van der Waals surface area contributed by atoms with E-state index in [0.29, 0.717) is 17.8 Å². The molecule has 0 aliphatic heterocycles. The molecule has 0 N–H and O–H groups in total. The number of aromatic nitrogens is 2. The largest absolute Gasteiger partial charge is 0.292 e. The van der Waals surface area contributed by atoms with Crippen LogP contribution in [0.5, 0.6) is 0 Å². The van der Waals surface area contributed by atoms with Gasteiger partial charge in [0.1, 0.15) is 5.65 Å². The first-order valence-electron chi connectivity index (χ1n) is 22.3. The molecule has 0 spiro atoms. The summed E-state index contributed by atoms with van der Waals surface area (Å²) >= 11 is 0. The fourth-order valence-electron chi connectivity index (χ4n) is 11.5. The lowest BCUT2D eigenvalue weighted by Crippen LogP contribution is -2.17. The Balaban J connectivity index is 0.987. The number of pyridine rings is 1. The third kappa shape index (κ3) is 5.39. The maximum atomic E-state index is 5.34. The molecule has 0 amide bonds. The quantitative estimate of drug-likeness (QED) is 0.153. The molecule has 2 aliphatic carbocycles. The molecule has 2 aliphatic rings. The number of hydrogen-bond acceptors (Lipinski definition) is 1. The van der Waals surface area contributed by atoms with Gasteiger partial charge in [0, 0.05) is 16.7 Å². The van der Waals surface area contributed by atoms with E-state index < -0.39 is 0 Å². The number of hydrogen-bond donors (Lipinski definition) is 0. The summed E-state index contributed by atoms with van der Waals surface area (Å²) < 4.78 is 2.42. The Morgan fingerprint density at radius 3 is 2.02 bits per heavy atom. The van der Waals surface area contributed by atoms with Gasteiger partial charge in [-0.15, -0.1) is 0 Å². The van der Waals surface area contributed by atoms with Gasteiger partial charge in [-0.1, -0.05) is 183 Å². The molecule has 2 atom stereocenters. The second kappa shape index (κ2) is 13.9. The average Bonchev–Trinajstić information content (AvgIpc) is 3.89. The number of benzene rings is 9. The Morgan fingerprint density at radius 2 is 1.19 bits per heavy atom. The van der Waals surface area contributed by atoms with Crippen molar-refractivity contribution in [1.82, 2.24) is 9.38 Å². The van der Waals surface area contributed by atoms with Crippen LogP contribution in [0.1, 0.15) is 64.5 Å². The second-order valence-corrected chi connectivity index (χ2v) is 17.8. The molecule has 0 bridgehead atoms. The van der Waals surface area contributed by atoms with Crippen molar-refractivity contribution in [3.8, 4) is 33.4 Å². The van der Waals surface area contributed by atoms with Crippen molar-refractivity contribution in [3.05, 3.63) is 228 Å². The first-order chi connectivity index (χ1) is 30.7. The first-order valence-corrected chi connectivity index (χ1v) is 22.3. The number of nitrogens with zero attached hydrogens (tertiary/aromatic N) is 2. The lowest BCUT2D eigenvalue weighted by Gasteiger charge is -2.33. The van der Waals surface area contributed by atoms with Crippen molar-refractivity contribution in [2.24, 2.45) is 0 Å². The fraction of sp³-hybridized carbons (Fsp3) is 0.117. The maximum absolute atomic E-state index is 5.34. The van der Waals surface area contributed by atoms with Crippen molar-refractivity contribution in [1.29, 1.82) is 0 Å². The van der Waals surface area contributed by atoms with Gasteiger partial charge in [-0.2, -0.15) is 0 Å². The summed E-state index contributed by atoms with van der Waals surface area (Å²) in [4.78, 5) is 5.34. The molecular formula is C60H44N2. The van der Waals surface area contributed by atoms with Crippen LogP contribution in [0.25, 0.3) is 82.5 Å². The van der Waals surface area contributed by atoms with E-state index in [4.69, 9.17) is 4.98 Å². The minimum atomic E-state index is 0.304. The van der Waals surface area contributed by atoms with Crippen molar-refractivity contribution >= 4 is 49.1 Å². The third-order valence-electron chi connectivity index (χ3n) is 14.5. The van der Waals surface area contributed by atoms with E-state index >= 15 is 0 Å². The van der Waals surface area contributed by atoms with Crippen LogP contribution in [-0.4, -0.2) is 9.38 Å². The zero-order chi connectivity index (χ0) is 40.9. The molecule has 62 heavy (non-hydrogen) atoms. The summed E-state index contributed by atoms with van der Waals surface area (Å²) in [5, 5.41) is 6.16. The zero-order valence-corrected chi connectivity index (χ0v) is 34.7. The smallest absolute Gasteiger partial charge is 0.147 e. The fourth-order valence-corrected chi connectivity index (χ4v) is 11.5. The van der Waals surface area contributed by atoms with Gasteiger partial charge >= 0.3 is 0 Å². The molecule has 0 radical (unpaired) electrons. The van der Waals surface area contributed by atoms with Gasteiger partial charge in [0.2, 0.25) is 0 Å². The summed E-state index contributed by atoms with van der Waals surface area (Å²) in [6.07, 6.45) is 3.09. The molecule has 2 heteroatoms. The number of para-hydroxylation sites is 2. The van der Waals surface area contributed by atoms with Crippen molar-refractivity contribution in [2.45, 2.75) is 43.9 Å². The molecule has 9 aromatic carbocycles. The summed E-state index contributed by atoms with van der Waals surface area (Å²) in [5.74, 6) is 1.05. The Kier molecular flexibility index (Phi) is 7.94. The van der Waals surface area contributed by atoms with Gasteiger partial charge < -0.3 is 0 Å². The van der Waals surface area contributed by atoms with Crippen LogP contribution >= 0.6 is 0 Å². The van der Waals surface area contributed by atoms with E-state index in [0.717, 1.165) is 35.9 Å². The Hall–Kier alpha value is -7.29. The van der Waals surface area contributed by atoms with Crippen LogP contribution in [0.15, 0.2) is 194 Å². The van der Waals surface area contributed by atoms with Gasteiger partial charge in [-0.3, -0.25) is 4.40 Å². The zero-order valence-electron chi connectivity index (χ0n) is 34.7. The Labute approximate surface area is 361 Å². The molecule has 0 saturated heterocycles. The van der Waals surface area contributed by atoms with Crippen LogP contribution in [-0.2, 0) is 12.8 Å². The summed E-state index contributed by atoms with van der Waals surface area (Å²) in [7, 11) is 0. The monoisotopic (exact) mass is 792 g/mol. The molecule has 11 aromatic rings. The summed E-state index contributed by atoms with van der Waals surface area (Å²) in [5.41, 5.74) is 21.1. The van der Waals surface area contributed by atoms with Gasteiger partial charge in [0.25, 0.3) is 0 Å². The molecule has 2 aromatic heterocycles. The van der Waals surface area contributed by atoms with Gasteiger partial charge in [0.05, 0.1) is 16.6 Å². The van der Waals surface area contributed by atoms with E-state index in [-0.39, 0.29) is 0 Å². The molecule has 2 heterocycles. The van der Waals surface area contributed by atoms with Crippen molar-refractivity contribution < 1.29 is 0 Å². The van der Waals surface area contributed by atoms with E-state index in [1.165, 1.54) is 99.2 Å². The van der Waals surface area contributed by atoms with Crippen molar-refractivity contribution in [2.75, 3.05) is 0 Å². The Bertz CT molecular complexity index is 3560. The minimum absolute atomic E-state index is 0.304. The van der Waals surface area contributed by atoms with E-state index in [9.17, 15) is 0 Å². The normalized spacial score (nSPS) is 15.0. The van der Waals surface area contributed by atoms with Crippen molar-refractivity contribution in [3.63, 3.8) is 0 Å². The van der Waals surface area contributed by atoms with E-state index in [1.54, 1.807) is 0 Å². The van der Waals surface area contributed by atoms with Crippen LogP contribution in [0, 0.1) is 0 Å². The number of fused-ring (bicyclic) bond motifs is 16. The third-order valence-corrected chi connectivity index (χ3v) is 14.5. The summed E-state index contributed by atoms with van der Waals surface area (Å²) in [6.45, 7) is 2.47. The lowest BCUT2D eigenvalue weighted by atomic mass is 9.71. The van der Waals surface area contributed by atoms with E-state index in [1.807, 2.05) is 0 Å². The summed E-state index contributed by atoms with van der Waals surface area (Å²) in [6, 6.07) is 72.9. The molecule has 0 saturated carbocycles. The lowest BCUT2D eigenvalue weighted by molar-refractivity contribution is 0.567. The predicted molar refractivity (Wildman–Crippen MR) is 259 cm³/mol. The highest BCUT2D eigenvalue weighted by molar-refractivity contribution is 6.23. The van der Waals surface area contributed by atoms with Crippen LogP contribution in [0.4, 0.5) is 0 Å². The predicted octanol–water partition coefficient (Wildman–Crippen LogP) is 15.5. The topological polar surface area (TPSA) is 17.3 Å². The van der Waals surface area contributed by atoms with Crippen LogP contribution in [0.3, 0.4) is 0 Å². The maximum Gasteiger partial charge on any atom is 0.147 e. The minimum Gasteiger partial charge on any atom is -0.292 e. The van der Waals surface area contributed by atoms with Gasteiger partial charge in [0.15, 0.2) is 0 Å². The highest BCUT2D eigenvalue weighted by Gasteiger charge is 2.31. The number of rotatable bonds is 6. The molecule has 2 nitrogen and oxygen atoms in total. The molecule has 0 fully saturated rings. The number of aryl methyl sites for hydroxylation is 1. The standard InChI is InChI=1S/C60H44N2/c1-37(55-35-41-15-3-4-16-44(41)46-18-6-11-23-51(46)55)42-32-38(26-29-52-49-21-9-7-19-47(49)48-20-8-10-22-50(48)52)33-43(34-42)40-28-30-53-54-31-27-39-14-2-5-17-45(39)59(54)60-61-56-24-12-13-25-57(56)62(60)58(53)36-40/h2-25,27-28,30-34,36-37,52,55H,26,29,35H2,1H3. The van der Waals surface area contributed by atoms with Gasteiger partial charge in [-0.25, -0.2) is 4.98 Å². The highest BCUT2D eigenvalue weighted by atomic mass is 15.0. The molecule has 2 unspecified atom stereocenters. The molecular weight excluding hydrogens is 749 g/mol. The highest BCUT2D eigenvalue weighted by Crippen LogP contribution is 2.49. The average molecular weight is 793 g/mol. The SMILES string of the molecule is CC(c1cc(CCC2c3ccccc3-c3ccccc32)cc(-c2ccc3c4ccc5ccccc5c4c4nc5ccccc5n4c3c2)c1)C1Cc2ccccc2-c2ccccc21. The van der Waals surface area contributed by atoms with E-state index in [2.05, 4.69) is 205 Å². The van der Waals surface area contributed by atoms with Gasteiger partial charge in [-0.05, 0) is 132 Å². The molecule has 294 valence electrons.